The Morgan fingerprint density at radius 3 is 2.43 bits per heavy atom. The summed E-state index contributed by atoms with van der Waals surface area (Å²) in [5.74, 6) is -0.208. The number of para-hydroxylation sites is 2. The van der Waals surface area contributed by atoms with Crippen LogP contribution in [0.15, 0.2) is 54.6 Å². The topological polar surface area (TPSA) is 69.6 Å². The summed E-state index contributed by atoms with van der Waals surface area (Å²) < 4.78 is 0. The van der Waals surface area contributed by atoms with E-state index in [9.17, 15) is 14.7 Å². The van der Waals surface area contributed by atoms with Crippen LogP contribution < -0.4 is 10.2 Å². The van der Waals surface area contributed by atoms with E-state index in [2.05, 4.69) is 5.32 Å². The van der Waals surface area contributed by atoms with E-state index >= 15 is 0 Å². The van der Waals surface area contributed by atoms with Gasteiger partial charge >= 0.3 is 6.09 Å². The minimum atomic E-state index is -1.13. The van der Waals surface area contributed by atoms with Gasteiger partial charge in [-0.3, -0.25) is 9.69 Å². The molecule has 2 aromatic carbocycles. The Balaban J connectivity index is 2.00. The van der Waals surface area contributed by atoms with E-state index < -0.39 is 12.1 Å². The van der Waals surface area contributed by atoms with E-state index in [4.69, 9.17) is 0 Å². The number of hydrogen-bond acceptors (Lipinski definition) is 3. The molecular formula is C16H14N2O3. The van der Waals surface area contributed by atoms with E-state index in [-0.39, 0.29) is 12.3 Å². The minimum Gasteiger partial charge on any atom is -0.465 e. The molecule has 0 fully saturated rings. The molecule has 106 valence electrons. The van der Waals surface area contributed by atoms with E-state index in [1.807, 2.05) is 12.1 Å². The number of amides is 1. The molecule has 21 heavy (non-hydrogen) atoms. The fourth-order valence-corrected chi connectivity index (χ4v) is 2.54. The van der Waals surface area contributed by atoms with Crippen LogP contribution in [0.25, 0.3) is 0 Å². The molecule has 1 aliphatic rings. The Bertz CT molecular complexity index is 685. The quantitative estimate of drug-likeness (QED) is 0.831. The van der Waals surface area contributed by atoms with E-state index in [1.165, 1.54) is 0 Å². The Hall–Kier alpha value is -2.82. The van der Waals surface area contributed by atoms with E-state index in [0.29, 0.717) is 11.3 Å². The van der Waals surface area contributed by atoms with Gasteiger partial charge in [-0.15, -0.1) is 0 Å². The zero-order valence-electron chi connectivity index (χ0n) is 11.2. The molecule has 2 aromatic rings. The molecule has 0 bridgehead atoms. The summed E-state index contributed by atoms with van der Waals surface area (Å²) in [7, 11) is 0. The molecule has 2 N–H and O–H groups in total. The zero-order valence-corrected chi connectivity index (χ0v) is 11.2. The number of rotatable bonds is 2. The van der Waals surface area contributed by atoms with Gasteiger partial charge in [-0.2, -0.15) is 0 Å². The van der Waals surface area contributed by atoms with Crippen molar-refractivity contribution >= 4 is 23.3 Å². The molecule has 1 unspecified atom stereocenters. The van der Waals surface area contributed by atoms with Crippen molar-refractivity contribution in [2.45, 2.75) is 6.04 Å². The summed E-state index contributed by atoms with van der Waals surface area (Å²) in [6.45, 7) is 0.261. The van der Waals surface area contributed by atoms with Crippen molar-refractivity contribution in [3.05, 3.63) is 60.2 Å². The van der Waals surface area contributed by atoms with Crippen LogP contribution in [0, 0.1) is 0 Å². The summed E-state index contributed by atoms with van der Waals surface area (Å²) >= 11 is 0. The van der Waals surface area contributed by atoms with Gasteiger partial charge in [0.15, 0.2) is 5.78 Å². The van der Waals surface area contributed by atoms with Crippen LogP contribution in [-0.2, 0) is 0 Å². The monoisotopic (exact) mass is 282 g/mol. The Labute approximate surface area is 121 Å². The van der Waals surface area contributed by atoms with E-state index in [0.717, 1.165) is 10.6 Å². The third-order valence-corrected chi connectivity index (χ3v) is 3.53. The van der Waals surface area contributed by atoms with Gasteiger partial charge in [-0.1, -0.05) is 42.5 Å². The highest BCUT2D eigenvalue weighted by Crippen LogP contribution is 2.32. The Morgan fingerprint density at radius 2 is 1.71 bits per heavy atom. The Morgan fingerprint density at radius 1 is 1.05 bits per heavy atom. The number of anilines is 2. The van der Waals surface area contributed by atoms with Crippen LogP contribution in [0.3, 0.4) is 0 Å². The molecular weight excluding hydrogens is 268 g/mol. The fourth-order valence-electron chi connectivity index (χ4n) is 2.54. The maximum atomic E-state index is 12.6. The maximum absolute atomic E-state index is 12.6. The predicted molar refractivity (Wildman–Crippen MR) is 80.0 cm³/mol. The predicted octanol–water partition coefficient (Wildman–Crippen LogP) is 2.85. The second-order valence-corrected chi connectivity index (χ2v) is 4.80. The number of ketones is 1. The second-order valence-electron chi connectivity index (χ2n) is 4.80. The molecule has 1 amide bonds. The molecule has 5 nitrogen and oxygen atoms in total. The largest absolute Gasteiger partial charge is 0.465 e. The van der Waals surface area contributed by atoms with Crippen LogP contribution in [0.1, 0.15) is 10.4 Å². The molecule has 3 rings (SSSR count). The highest BCUT2D eigenvalue weighted by atomic mass is 16.4. The van der Waals surface area contributed by atoms with Gasteiger partial charge in [0.05, 0.1) is 11.4 Å². The SMILES string of the molecule is O=C(c1ccccc1)C1CNc2ccccc2N1C(=O)O. The Kier molecular flexibility index (Phi) is 3.31. The molecule has 0 spiro atoms. The first-order valence-electron chi connectivity index (χ1n) is 6.63. The van der Waals surface area contributed by atoms with Crippen molar-refractivity contribution in [1.82, 2.24) is 0 Å². The van der Waals surface area contributed by atoms with Gasteiger partial charge in [-0.05, 0) is 12.1 Å². The number of carbonyl (C=O) groups is 2. The summed E-state index contributed by atoms with van der Waals surface area (Å²) in [4.78, 5) is 25.3. The van der Waals surface area contributed by atoms with Crippen molar-refractivity contribution in [2.75, 3.05) is 16.8 Å². The highest BCUT2D eigenvalue weighted by molar-refractivity contribution is 6.08. The number of carboxylic acid groups (broad SMARTS) is 1. The van der Waals surface area contributed by atoms with Gasteiger partial charge in [-0.25, -0.2) is 4.79 Å². The standard InChI is InChI=1S/C16H14N2O3/c19-15(11-6-2-1-3-7-11)14-10-17-12-8-4-5-9-13(12)18(14)16(20)21/h1-9,14,17H,10H2,(H,20,21). The first-order valence-corrected chi connectivity index (χ1v) is 6.63. The summed E-state index contributed by atoms with van der Waals surface area (Å²) in [6, 6.07) is 15.1. The lowest BCUT2D eigenvalue weighted by Crippen LogP contribution is -2.51. The first kappa shape index (κ1) is 13.2. The highest BCUT2D eigenvalue weighted by Gasteiger charge is 2.35. The molecule has 0 aliphatic carbocycles. The normalized spacial score (nSPS) is 16.8. The van der Waals surface area contributed by atoms with Crippen molar-refractivity contribution in [2.24, 2.45) is 0 Å². The van der Waals surface area contributed by atoms with Crippen molar-refractivity contribution in [3.63, 3.8) is 0 Å². The average Bonchev–Trinajstić information content (AvgIpc) is 2.53. The number of nitrogens with zero attached hydrogens (tertiary/aromatic N) is 1. The zero-order chi connectivity index (χ0) is 14.8. The molecule has 5 heteroatoms. The van der Waals surface area contributed by atoms with Crippen LogP contribution in [-0.4, -0.2) is 29.6 Å². The number of nitrogens with one attached hydrogen (secondary N) is 1. The molecule has 0 radical (unpaired) electrons. The number of fused-ring (bicyclic) bond motifs is 1. The smallest absolute Gasteiger partial charge is 0.412 e. The first-order chi connectivity index (χ1) is 10.2. The minimum absolute atomic E-state index is 0.208. The molecule has 1 atom stereocenters. The maximum Gasteiger partial charge on any atom is 0.412 e. The fraction of sp³-hybridized carbons (Fsp3) is 0.125. The van der Waals surface area contributed by atoms with Gasteiger partial charge in [0, 0.05) is 12.1 Å². The van der Waals surface area contributed by atoms with E-state index in [1.54, 1.807) is 42.5 Å². The van der Waals surface area contributed by atoms with Gasteiger partial charge in [0.2, 0.25) is 0 Å². The van der Waals surface area contributed by atoms with Gasteiger partial charge in [0.25, 0.3) is 0 Å². The summed E-state index contributed by atoms with van der Waals surface area (Å²) in [5.41, 5.74) is 1.73. The number of Topliss-reactive ketones (excluding diaryl/α,β-unsaturated/α-hetero) is 1. The number of carbonyl (C=O) groups excluding carboxylic acids is 1. The number of benzene rings is 2. The third kappa shape index (κ3) is 2.33. The molecule has 0 saturated carbocycles. The molecule has 1 aliphatic heterocycles. The average molecular weight is 282 g/mol. The van der Waals surface area contributed by atoms with Crippen molar-refractivity contribution in [3.8, 4) is 0 Å². The molecule has 0 aromatic heterocycles. The van der Waals surface area contributed by atoms with Gasteiger partial charge in [0.1, 0.15) is 6.04 Å². The van der Waals surface area contributed by atoms with Gasteiger partial charge < -0.3 is 10.4 Å². The number of hydrogen-bond donors (Lipinski definition) is 2. The van der Waals surface area contributed by atoms with Crippen molar-refractivity contribution in [1.29, 1.82) is 0 Å². The third-order valence-electron chi connectivity index (χ3n) is 3.53. The van der Waals surface area contributed by atoms with Crippen LogP contribution in [0.5, 0.6) is 0 Å². The lowest BCUT2D eigenvalue weighted by molar-refractivity contribution is 0.0956. The summed E-state index contributed by atoms with van der Waals surface area (Å²) in [6.07, 6.45) is -1.13. The summed E-state index contributed by atoms with van der Waals surface area (Å²) in [5, 5.41) is 12.6. The lowest BCUT2D eigenvalue weighted by Gasteiger charge is -2.34. The second kappa shape index (κ2) is 5.28. The van der Waals surface area contributed by atoms with Crippen LogP contribution >= 0.6 is 0 Å². The lowest BCUT2D eigenvalue weighted by atomic mass is 10.00. The molecule has 0 saturated heterocycles. The van der Waals surface area contributed by atoms with Crippen LogP contribution in [0.2, 0.25) is 0 Å². The molecule has 1 heterocycles. The van der Waals surface area contributed by atoms with Crippen molar-refractivity contribution < 1.29 is 14.7 Å². The van der Waals surface area contributed by atoms with Crippen LogP contribution in [0.4, 0.5) is 16.2 Å².